The molecule has 1 aliphatic rings. The highest BCUT2D eigenvalue weighted by atomic mass is 32.1. The lowest BCUT2D eigenvalue weighted by atomic mass is 10.0. The Hall–Kier alpha value is -1.68. The molecule has 1 aromatic heterocycles. The van der Waals surface area contributed by atoms with E-state index < -0.39 is 0 Å². The van der Waals surface area contributed by atoms with E-state index in [4.69, 9.17) is 0 Å². The van der Waals surface area contributed by atoms with E-state index in [1.54, 1.807) is 23.5 Å². The van der Waals surface area contributed by atoms with Gasteiger partial charge >= 0.3 is 0 Å². The Morgan fingerprint density at radius 2 is 2.26 bits per heavy atom. The third-order valence-corrected chi connectivity index (χ3v) is 4.26. The summed E-state index contributed by atoms with van der Waals surface area (Å²) in [6, 6.07) is 8.03. The van der Waals surface area contributed by atoms with Crippen LogP contribution in [0.3, 0.4) is 0 Å². The van der Waals surface area contributed by atoms with E-state index in [9.17, 15) is 9.18 Å². The summed E-state index contributed by atoms with van der Waals surface area (Å²) in [6.45, 7) is 1.47. The van der Waals surface area contributed by atoms with Crippen molar-refractivity contribution in [1.29, 1.82) is 0 Å². The van der Waals surface area contributed by atoms with Crippen LogP contribution in [0.1, 0.15) is 28.3 Å². The van der Waals surface area contributed by atoms with Gasteiger partial charge in [0.05, 0.1) is 0 Å². The van der Waals surface area contributed by atoms with Crippen molar-refractivity contribution < 1.29 is 9.18 Å². The molecule has 1 unspecified atom stereocenters. The van der Waals surface area contributed by atoms with Gasteiger partial charge in [0.15, 0.2) is 0 Å². The lowest BCUT2D eigenvalue weighted by Crippen LogP contribution is -2.28. The predicted molar refractivity (Wildman–Crippen MR) is 74.0 cm³/mol. The van der Waals surface area contributed by atoms with Gasteiger partial charge in [-0.2, -0.15) is 11.3 Å². The minimum atomic E-state index is -0.362. The van der Waals surface area contributed by atoms with Crippen LogP contribution in [-0.2, 0) is 0 Å². The fourth-order valence-electron chi connectivity index (χ4n) is 2.53. The summed E-state index contributed by atoms with van der Waals surface area (Å²) in [6.07, 6.45) is 0.984. The number of benzene rings is 1. The molecule has 2 heterocycles. The van der Waals surface area contributed by atoms with Crippen LogP contribution in [0, 0.1) is 5.82 Å². The van der Waals surface area contributed by atoms with Gasteiger partial charge in [0.2, 0.25) is 0 Å². The Labute approximate surface area is 115 Å². The monoisotopic (exact) mass is 275 g/mol. The van der Waals surface area contributed by atoms with Crippen LogP contribution in [0.2, 0.25) is 0 Å². The fourth-order valence-corrected chi connectivity index (χ4v) is 3.27. The molecular weight excluding hydrogens is 261 g/mol. The summed E-state index contributed by atoms with van der Waals surface area (Å²) in [5.41, 5.74) is 1.74. The van der Waals surface area contributed by atoms with Crippen molar-refractivity contribution in [3.8, 4) is 0 Å². The Morgan fingerprint density at radius 1 is 1.37 bits per heavy atom. The van der Waals surface area contributed by atoms with Gasteiger partial charge in [-0.15, -0.1) is 0 Å². The minimum absolute atomic E-state index is 0.0720. The summed E-state index contributed by atoms with van der Waals surface area (Å²) >= 11 is 1.68. The first kappa shape index (κ1) is 12.4. The molecule has 1 saturated heterocycles. The summed E-state index contributed by atoms with van der Waals surface area (Å²) in [5.74, 6) is -0.0135. The van der Waals surface area contributed by atoms with Crippen molar-refractivity contribution in [3.05, 3.63) is 58.0 Å². The summed E-state index contributed by atoms with van der Waals surface area (Å²) < 4.78 is 13.1. The van der Waals surface area contributed by atoms with E-state index in [0.29, 0.717) is 11.5 Å². The zero-order valence-electron chi connectivity index (χ0n) is 10.4. The summed E-state index contributed by atoms with van der Waals surface area (Å²) in [4.78, 5) is 14.1. The van der Waals surface area contributed by atoms with Crippen molar-refractivity contribution >= 4 is 17.2 Å². The predicted octanol–water partition coefficient (Wildman–Crippen LogP) is 3.52. The fraction of sp³-hybridized carbons (Fsp3) is 0.267. The number of hydrogen-bond acceptors (Lipinski definition) is 2. The second-order valence-electron chi connectivity index (χ2n) is 4.80. The quantitative estimate of drug-likeness (QED) is 0.821. The van der Waals surface area contributed by atoms with Crippen molar-refractivity contribution in [1.82, 2.24) is 4.90 Å². The highest BCUT2D eigenvalue weighted by Crippen LogP contribution is 2.29. The Morgan fingerprint density at radius 3 is 3.00 bits per heavy atom. The lowest BCUT2D eigenvalue weighted by molar-refractivity contribution is 0.0790. The molecule has 98 valence electrons. The molecule has 4 heteroatoms. The van der Waals surface area contributed by atoms with Crippen LogP contribution in [-0.4, -0.2) is 23.9 Å². The average Bonchev–Trinajstić information content (AvgIpc) is 3.08. The number of carbonyl (C=O) groups is 1. The molecule has 3 rings (SSSR count). The molecule has 0 spiro atoms. The van der Waals surface area contributed by atoms with Gasteiger partial charge in [0.25, 0.3) is 5.91 Å². The molecule has 19 heavy (non-hydrogen) atoms. The van der Waals surface area contributed by atoms with E-state index in [2.05, 4.69) is 16.8 Å². The first-order chi connectivity index (χ1) is 9.24. The zero-order valence-corrected chi connectivity index (χ0v) is 11.2. The molecule has 0 bridgehead atoms. The topological polar surface area (TPSA) is 20.3 Å². The van der Waals surface area contributed by atoms with Crippen LogP contribution >= 0.6 is 11.3 Å². The van der Waals surface area contributed by atoms with E-state index in [1.807, 2.05) is 4.90 Å². The molecule has 1 aromatic carbocycles. The number of amides is 1. The van der Waals surface area contributed by atoms with Gasteiger partial charge in [-0.25, -0.2) is 4.39 Å². The number of likely N-dealkylation sites (tertiary alicyclic amines) is 1. The Bertz CT molecular complexity index is 582. The molecule has 0 aliphatic carbocycles. The van der Waals surface area contributed by atoms with Crippen LogP contribution in [0.4, 0.5) is 4.39 Å². The molecule has 1 fully saturated rings. The Balaban J connectivity index is 1.73. The number of carbonyl (C=O) groups excluding carboxylic acids is 1. The third-order valence-electron chi connectivity index (χ3n) is 3.56. The molecule has 2 aromatic rings. The largest absolute Gasteiger partial charge is 0.338 e. The van der Waals surface area contributed by atoms with Crippen molar-refractivity contribution in [3.63, 3.8) is 0 Å². The standard InChI is InChI=1S/C15H14FNOS/c16-14-3-1-2-11(8-14)15(18)17-6-4-12(9-17)13-5-7-19-10-13/h1-3,5,7-8,10,12H,4,6,9H2. The maximum absolute atomic E-state index is 13.1. The van der Waals surface area contributed by atoms with Gasteiger partial charge in [0, 0.05) is 24.6 Å². The summed E-state index contributed by atoms with van der Waals surface area (Å²) in [5, 5.41) is 4.20. The molecule has 1 amide bonds. The SMILES string of the molecule is O=C(c1cccc(F)c1)N1CCC(c2ccsc2)C1. The second-order valence-corrected chi connectivity index (χ2v) is 5.58. The number of rotatable bonds is 2. The van der Waals surface area contributed by atoms with Gasteiger partial charge in [-0.1, -0.05) is 6.07 Å². The van der Waals surface area contributed by atoms with Crippen LogP contribution in [0.25, 0.3) is 0 Å². The molecule has 0 saturated carbocycles. The van der Waals surface area contributed by atoms with Crippen molar-refractivity contribution in [2.45, 2.75) is 12.3 Å². The highest BCUT2D eigenvalue weighted by molar-refractivity contribution is 7.07. The second kappa shape index (κ2) is 5.13. The number of thiophene rings is 1. The normalized spacial score (nSPS) is 18.8. The molecule has 0 radical (unpaired) electrons. The Kier molecular flexibility index (Phi) is 3.34. The van der Waals surface area contributed by atoms with Crippen LogP contribution in [0.15, 0.2) is 41.1 Å². The third kappa shape index (κ3) is 2.54. The maximum atomic E-state index is 13.1. The van der Waals surface area contributed by atoms with Crippen LogP contribution < -0.4 is 0 Å². The molecule has 1 atom stereocenters. The first-order valence-corrected chi connectivity index (χ1v) is 7.25. The highest BCUT2D eigenvalue weighted by Gasteiger charge is 2.28. The van der Waals surface area contributed by atoms with Gasteiger partial charge < -0.3 is 4.90 Å². The number of hydrogen-bond donors (Lipinski definition) is 0. The van der Waals surface area contributed by atoms with Crippen molar-refractivity contribution in [2.75, 3.05) is 13.1 Å². The van der Waals surface area contributed by atoms with Crippen molar-refractivity contribution in [2.24, 2.45) is 0 Å². The zero-order chi connectivity index (χ0) is 13.2. The van der Waals surface area contributed by atoms with Gasteiger partial charge in [-0.3, -0.25) is 4.79 Å². The van der Waals surface area contributed by atoms with E-state index in [1.165, 1.54) is 17.7 Å². The van der Waals surface area contributed by atoms with E-state index in [0.717, 1.165) is 19.5 Å². The molecule has 1 aliphatic heterocycles. The van der Waals surface area contributed by atoms with E-state index >= 15 is 0 Å². The number of halogens is 1. The average molecular weight is 275 g/mol. The van der Waals surface area contributed by atoms with E-state index in [-0.39, 0.29) is 11.7 Å². The minimum Gasteiger partial charge on any atom is -0.338 e. The molecular formula is C15H14FNOS. The smallest absolute Gasteiger partial charge is 0.253 e. The summed E-state index contributed by atoms with van der Waals surface area (Å²) in [7, 11) is 0. The molecule has 0 N–H and O–H groups in total. The molecule has 2 nitrogen and oxygen atoms in total. The number of nitrogens with zero attached hydrogens (tertiary/aromatic N) is 1. The van der Waals surface area contributed by atoms with Gasteiger partial charge in [0.1, 0.15) is 5.82 Å². The van der Waals surface area contributed by atoms with Gasteiger partial charge in [-0.05, 0) is 47.0 Å². The lowest BCUT2D eigenvalue weighted by Gasteiger charge is -2.16. The maximum Gasteiger partial charge on any atom is 0.253 e. The first-order valence-electron chi connectivity index (χ1n) is 6.31. The van der Waals surface area contributed by atoms with Crippen LogP contribution in [0.5, 0.6) is 0 Å².